The van der Waals surface area contributed by atoms with Gasteiger partial charge in [-0.3, -0.25) is 0 Å². The van der Waals surface area contributed by atoms with Gasteiger partial charge in [-0.05, 0) is 35.7 Å². The van der Waals surface area contributed by atoms with Crippen LogP contribution in [-0.2, 0) is 11.3 Å². The van der Waals surface area contributed by atoms with Gasteiger partial charge in [0.15, 0.2) is 0 Å². The minimum absolute atomic E-state index is 0.00402. The summed E-state index contributed by atoms with van der Waals surface area (Å²) < 4.78 is 8.23. The molecule has 3 N–H and O–H groups in total. The Labute approximate surface area is 188 Å². The lowest BCUT2D eigenvalue weighted by Crippen LogP contribution is -2.25. The van der Waals surface area contributed by atoms with E-state index in [4.69, 9.17) is 4.74 Å². The van der Waals surface area contributed by atoms with Crippen molar-refractivity contribution in [1.29, 1.82) is 0 Å². The maximum Gasteiger partial charge on any atom is 0.204 e. The van der Waals surface area contributed by atoms with Crippen LogP contribution >= 0.6 is 0 Å². The number of rotatable bonds is 10. The Balaban J connectivity index is 1.53. The van der Waals surface area contributed by atoms with Gasteiger partial charge in [0.2, 0.25) is 5.95 Å². The monoisotopic (exact) mass is 431 g/mol. The average molecular weight is 432 g/mol. The van der Waals surface area contributed by atoms with Crippen LogP contribution < -0.4 is 5.32 Å². The summed E-state index contributed by atoms with van der Waals surface area (Å²) in [5.41, 5.74) is 5.04. The van der Waals surface area contributed by atoms with Crippen molar-refractivity contribution in [2.75, 3.05) is 25.1 Å². The van der Waals surface area contributed by atoms with Gasteiger partial charge in [0.1, 0.15) is 6.10 Å². The number of hydrogen-bond donors (Lipinski definition) is 3. The van der Waals surface area contributed by atoms with Gasteiger partial charge in [0, 0.05) is 6.54 Å². The summed E-state index contributed by atoms with van der Waals surface area (Å²) in [6, 6.07) is 26.0. The fourth-order valence-corrected chi connectivity index (χ4v) is 3.91. The third-order valence-electron chi connectivity index (χ3n) is 5.47. The van der Waals surface area contributed by atoms with Gasteiger partial charge in [-0.25, -0.2) is 4.98 Å². The number of anilines is 1. The number of aliphatic hydroxyl groups is 2. The zero-order valence-electron chi connectivity index (χ0n) is 18.2. The van der Waals surface area contributed by atoms with Crippen molar-refractivity contribution in [2.24, 2.45) is 0 Å². The van der Waals surface area contributed by atoms with Gasteiger partial charge in [-0.2, -0.15) is 0 Å². The van der Waals surface area contributed by atoms with Crippen LogP contribution in [0.5, 0.6) is 0 Å². The van der Waals surface area contributed by atoms with E-state index in [0.29, 0.717) is 19.0 Å². The first kappa shape index (κ1) is 22.0. The molecule has 4 rings (SSSR count). The first-order chi connectivity index (χ1) is 15.7. The molecule has 0 aliphatic heterocycles. The Kier molecular flexibility index (Phi) is 7.17. The molecule has 0 saturated carbocycles. The Morgan fingerprint density at radius 2 is 1.69 bits per heavy atom. The zero-order valence-corrected chi connectivity index (χ0v) is 18.2. The van der Waals surface area contributed by atoms with Crippen LogP contribution in [0.2, 0.25) is 0 Å². The van der Waals surface area contributed by atoms with E-state index in [2.05, 4.69) is 29.4 Å². The first-order valence-corrected chi connectivity index (χ1v) is 10.9. The largest absolute Gasteiger partial charge is 0.395 e. The standard InChI is InChI=1S/C26H29N3O3/c1-19-9-5-6-12-22(19)25(20-10-3-2-4-11-20)32-18-21(31)17-29-24-14-8-7-13-23(24)28-26(29)27-15-16-30/h2-14,21,25,30-31H,15-18H2,1H3,(H,27,28). The summed E-state index contributed by atoms with van der Waals surface area (Å²) in [5.74, 6) is 0.623. The van der Waals surface area contributed by atoms with E-state index in [1.54, 1.807) is 0 Å². The number of aromatic nitrogens is 2. The van der Waals surface area contributed by atoms with Crippen LogP contribution in [0.3, 0.4) is 0 Å². The van der Waals surface area contributed by atoms with Gasteiger partial charge in [0.05, 0.1) is 36.9 Å². The van der Waals surface area contributed by atoms with Crippen molar-refractivity contribution in [1.82, 2.24) is 9.55 Å². The topological polar surface area (TPSA) is 79.5 Å². The highest BCUT2D eigenvalue weighted by molar-refractivity contribution is 5.78. The number of ether oxygens (including phenoxy) is 1. The lowest BCUT2D eigenvalue weighted by Gasteiger charge is -2.23. The number of nitrogens with one attached hydrogen (secondary N) is 1. The number of benzene rings is 3. The molecule has 3 aromatic carbocycles. The second-order valence-electron chi connectivity index (χ2n) is 7.82. The van der Waals surface area contributed by atoms with Gasteiger partial charge in [-0.1, -0.05) is 66.7 Å². The van der Waals surface area contributed by atoms with Crippen molar-refractivity contribution < 1.29 is 14.9 Å². The Morgan fingerprint density at radius 3 is 2.47 bits per heavy atom. The van der Waals surface area contributed by atoms with Gasteiger partial charge < -0.3 is 24.8 Å². The fraction of sp³-hybridized carbons (Fsp3) is 0.269. The Morgan fingerprint density at radius 1 is 0.969 bits per heavy atom. The molecular formula is C26H29N3O3. The Bertz CT molecular complexity index is 1140. The van der Waals surface area contributed by atoms with Crippen molar-refractivity contribution >= 4 is 17.0 Å². The predicted octanol–water partition coefficient (Wildman–Crippen LogP) is 3.92. The molecule has 6 nitrogen and oxygen atoms in total. The molecule has 0 amide bonds. The highest BCUT2D eigenvalue weighted by atomic mass is 16.5. The molecule has 6 heteroatoms. The lowest BCUT2D eigenvalue weighted by atomic mass is 9.97. The van der Waals surface area contributed by atoms with Crippen molar-refractivity contribution in [2.45, 2.75) is 25.7 Å². The molecule has 1 aromatic heterocycles. The number of hydrogen-bond acceptors (Lipinski definition) is 5. The number of fused-ring (bicyclic) bond motifs is 1. The number of imidazole rings is 1. The van der Waals surface area contributed by atoms with Crippen molar-refractivity contribution in [3.05, 3.63) is 95.6 Å². The molecule has 2 unspecified atom stereocenters. The number of nitrogens with zero attached hydrogens (tertiary/aromatic N) is 2. The molecule has 0 aliphatic rings. The molecule has 2 atom stereocenters. The molecule has 1 heterocycles. The van der Waals surface area contributed by atoms with Gasteiger partial charge >= 0.3 is 0 Å². The quantitative estimate of drug-likeness (QED) is 0.355. The van der Waals surface area contributed by atoms with Crippen LogP contribution in [-0.4, -0.2) is 45.6 Å². The molecule has 0 aliphatic carbocycles. The molecule has 0 spiro atoms. The predicted molar refractivity (Wildman–Crippen MR) is 127 cm³/mol. The molecule has 0 fully saturated rings. The lowest BCUT2D eigenvalue weighted by molar-refractivity contribution is -0.000159. The SMILES string of the molecule is Cc1ccccc1C(OCC(O)Cn1c(NCCO)nc2ccccc21)c1ccccc1. The summed E-state index contributed by atoms with van der Waals surface area (Å²) in [6.07, 6.45) is -1.00. The summed E-state index contributed by atoms with van der Waals surface area (Å²) in [7, 11) is 0. The van der Waals surface area contributed by atoms with Crippen LogP contribution in [0.25, 0.3) is 11.0 Å². The summed E-state index contributed by atoms with van der Waals surface area (Å²) in [4.78, 5) is 4.59. The average Bonchev–Trinajstić information content (AvgIpc) is 3.17. The summed E-state index contributed by atoms with van der Waals surface area (Å²) in [5, 5.41) is 23.2. The minimum atomic E-state index is -0.738. The fourth-order valence-electron chi connectivity index (χ4n) is 3.91. The second kappa shape index (κ2) is 10.4. The van der Waals surface area contributed by atoms with Crippen LogP contribution in [0.15, 0.2) is 78.9 Å². The Hall–Kier alpha value is -3.19. The summed E-state index contributed by atoms with van der Waals surface area (Å²) in [6.45, 7) is 2.95. The molecule has 4 aromatic rings. The summed E-state index contributed by atoms with van der Waals surface area (Å²) >= 11 is 0. The van der Waals surface area contributed by atoms with E-state index in [1.807, 2.05) is 71.3 Å². The highest BCUT2D eigenvalue weighted by Gasteiger charge is 2.20. The number of aryl methyl sites for hydroxylation is 1. The van der Waals surface area contributed by atoms with Crippen molar-refractivity contribution in [3.8, 4) is 0 Å². The van der Waals surface area contributed by atoms with Crippen LogP contribution in [0.4, 0.5) is 5.95 Å². The number of aliphatic hydroxyl groups excluding tert-OH is 2. The molecule has 166 valence electrons. The smallest absolute Gasteiger partial charge is 0.204 e. The third kappa shape index (κ3) is 4.99. The second-order valence-corrected chi connectivity index (χ2v) is 7.82. The van der Waals surface area contributed by atoms with Crippen LogP contribution in [0, 0.1) is 6.92 Å². The van der Waals surface area contributed by atoms with E-state index >= 15 is 0 Å². The van der Waals surface area contributed by atoms with E-state index in [-0.39, 0.29) is 19.3 Å². The first-order valence-electron chi connectivity index (χ1n) is 10.9. The normalized spacial score (nSPS) is 13.2. The maximum absolute atomic E-state index is 10.9. The zero-order chi connectivity index (χ0) is 22.3. The van der Waals surface area contributed by atoms with E-state index in [1.165, 1.54) is 0 Å². The molecule has 0 bridgehead atoms. The highest BCUT2D eigenvalue weighted by Crippen LogP contribution is 2.29. The van der Waals surface area contributed by atoms with Crippen molar-refractivity contribution in [3.63, 3.8) is 0 Å². The van der Waals surface area contributed by atoms with E-state index in [9.17, 15) is 10.2 Å². The van der Waals surface area contributed by atoms with Crippen LogP contribution in [0.1, 0.15) is 22.8 Å². The molecular weight excluding hydrogens is 402 g/mol. The van der Waals surface area contributed by atoms with Gasteiger partial charge in [-0.15, -0.1) is 0 Å². The minimum Gasteiger partial charge on any atom is -0.395 e. The third-order valence-corrected chi connectivity index (χ3v) is 5.47. The maximum atomic E-state index is 10.9. The van der Waals surface area contributed by atoms with E-state index < -0.39 is 6.10 Å². The molecule has 32 heavy (non-hydrogen) atoms. The molecule has 0 radical (unpaired) electrons. The van der Waals surface area contributed by atoms with Gasteiger partial charge in [0.25, 0.3) is 0 Å². The van der Waals surface area contributed by atoms with E-state index in [0.717, 1.165) is 27.7 Å². The number of para-hydroxylation sites is 2. The molecule has 0 saturated heterocycles.